The Morgan fingerprint density at radius 2 is 2.33 bits per heavy atom. The van der Waals surface area contributed by atoms with E-state index < -0.39 is 15.2 Å². The van der Waals surface area contributed by atoms with Crippen molar-refractivity contribution < 1.29 is 8.42 Å². The molecular weight excluding hydrogens is 306 g/mol. The Balaban J connectivity index is 2.26. The van der Waals surface area contributed by atoms with Gasteiger partial charge in [0.05, 0.1) is 0 Å². The quantitative estimate of drug-likeness (QED) is 0.798. The van der Waals surface area contributed by atoms with Crippen LogP contribution in [0.2, 0.25) is 0 Å². The normalized spacial score (nSPS) is 19.7. The first kappa shape index (κ1) is 16.6. The second-order valence-electron chi connectivity index (χ2n) is 5.22. The fourth-order valence-corrected chi connectivity index (χ4v) is 5.22. The summed E-state index contributed by atoms with van der Waals surface area (Å²) in [4.78, 5) is 6.41. The zero-order valence-electron chi connectivity index (χ0n) is 12.6. The first-order valence-corrected chi connectivity index (χ1v) is 10.3. The van der Waals surface area contributed by atoms with Crippen LogP contribution in [0.4, 0.5) is 5.82 Å². The zero-order valence-corrected chi connectivity index (χ0v) is 14.2. The van der Waals surface area contributed by atoms with E-state index in [0.717, 1.165) is 43.2 Å². The van der Waals surface area contributed by atoms with Crippen molar-refractivity contribution in [2.75, 3.05) is 35.8 Å². The average molecular weight is 329 g/mol. The molecule has 1 aliphatic rings. The van der Waals surface area contributed by atoms with Crippen molar-refractivity contribution in [2.45, 2.75) is 25.3 Å². The van der Waals surface area contributed by atoms with E-state index in [-0.39, 0.29) is 0 Å². The smallest absolute Gasteiger partial charge is 0.169 e. The number of thioether (sulfide) groups is 1. The molecule has 2 rings (SSSR count). The summed E-state index contributed by atoms with van der Waals surface area (Å²) in [6.45, 7) is 4.51. The van der Waals surface area contributed by atoms with Gasteiger partial charge in [-0.15, -0.1) is 0 Å². The third-order valence-electron chi connectivity index (χ3n) is 3.46. The highest BCUT2D eigenvalue weighted by Crippen LogP contribution is 2.27. The Hall–Kier alpha value is -0.790. The number of hydrogen-bond acceptors (Lipinski definition) is 6. The third kappa shape index (κ3) is 4.34. The predicted octanol–water partition coefficient (Wildman–Crippen LogP) is 1.51. The van der Waals surface area contributed by atoms with Gasteiger partial charge in [0.1, 0.15) is 11.2 Å². The summed E-state index contributed by atoms with van der Waals surface area (Å²) >= 11 is 1.69. The summed E-state index contributed by atoms with van der Waals surface area (Å²) in [6, 6.07) is 3.92. The number of aromatic nitrogens is 1. The van der Waals surface area contributed by atoms with Crippen molar-refractivity contribution in [3.63, 3.8) is 0 Å². The molecule has 1 fully saturated rings. The van der Waals surface area contributed by atoms with Gasteiger partial charge >= 0.3 is 0 Å². The molecule has 1 N–H and O–H groups in total. The zero-order chi connectivity index (χ0) is 15.3. The predicted molar refractivity (Wildman–Crippen MR) is 89.5 cm³/mol. The lowest BCUT2D eigenvalue weighted by atomic mass is 10.2. The van der Waals surface area contributed by atoms with Crippen LogP contribution in [0.1, 0.15) is 18.9 Å². The van der Waals surface area contributed by atoms with E-state index in [1.807, 2.05) is 17.0 Å². The minimum atomic E-state index is -3.12. The molecule has 0 radical (unpaired) electrons. The third-order valence-corrected chi connectivity index (χ3v) is 6.10. The van der Waals surface area contributed by atoms with E-state index in [0.29, 0.717) is 5.75 Å². The standard InChI is InChI=1S/C14H23N3O2S2/c1-3-6-15-10-12-5-4-7-16-14(12)17-8-9-20-11-13(17)21(2,18)19/h4-5,7,13,15H,3,6,8-11H2,1-2H3. The minimum absolute atomic E-state index is 0.476. The van der Waals surface area contributed by atoms with E-state index >= 15 is 0 Å². The van der Waals surface area contributed by atoms with Crippen molar-refractivity contribution in [1.29, 1.82) is 0 Å². The SMILES string of the molecule is CCCNCc1cccnc1N1CCSCC1S(C)(=O)=O. The second kappa shape index (κ2) is 7.47. The van der Waals surface area contributed by atoms with Gasteiger partial charge < -0.3 is 10.2 Å². The molecule has 1 saturated heterocycles. The first-order valence-electron chi connectivity index (χ1n) is 7.22. The maximum atomic E-state index is 12.0. The molecule has 1 aromatic heterocycles. The summed E-state index contributed by atoms with van der Waals surface area (Å²) in [7, 11) is -3.12. The fraction of sp³-hybridized carbons (Fsp3) is 0.643. The van der Waals surface area contributed by atoms with E-state index in [1.54, 1.807) is 18.0 Å². The molecule has 0 aromatic carbocycles. The van der Waals surface area contributed by atoms with Gasteiger partial charge in [0.2, 0.25) is 0 Å². The van der Waals surface area contributed by atoms with Crippen molar-refractivity contribution in [3.8, 4) is 0 Å². The molecule has 21 heavy (non-hydrogen) atoms. The number of nitrogens with one attached hydrogen (secondary N) is 1. The number of sulfone groups is 1. The summed E-state index contributed by atoms with van der Waals surface area (Å²) < 4.78 is 24.1. The van der Waals surface area contributed by atoms with Crippen LogP contribution in [-0.2, 0) is 16.4 Å². The van der Waals surface area contributed by atoms with Gasteiger partial charge in [-0.05, 0) is 19.0 Å². The molecule has 7 heteroatoms. The molecule has 0 spiro atoms. The fourth-order valence-electron chi connectivity index (χ4n) is 2.40. The summed E-state index contributed by atoms with van der Waals surface area (Å²) in [5, 5.41) is 2.89. The maximum absolute atomic E-state index is 12.0. The van der Waals surface area contributed by atoms with Gasteiger partial charge in [-0.1, -0.05) is 13.0 Å². The van der Waals surface area contributed by atoms with E-state index in [1.165, 1.54) is 6.26 Å². The number of pyridine rings is 1. The van der Waals surface area contributed by atoms with Crippen LogP contribution < -0.4 is 10.2 Å². The van der Waals surface area contributed by atoms with Crippen LogP contribution in [0.15, 0.2) is 18.3 Å². The van der Waals surface area contributed by atoms with Crippen LogP contribution in [0.25, 0.3) is 0 Å². The molecule has 0 saturated carbocycles. The lowest BCUT2D eigenvalue weighted by molar-refractivity contribution is 0.582. The molecule has 1 atom stereocenters. The van der Waals surface area contributed by atoms with Gasteiger partial charge in [0, 0.05) is 42.6 Å². The first-order chi connectivity index (χ1) is 10.0. The Labute approximate surface area is 131 Å². The summed E-state index contributed by atoms with van der Waals surface area (Å²) in [6.07, 6.45) is 4.12. The molecule has 0 amide bonds. The molecule has 1 unspecified atom stereocenters. The second-order valence-corrected chi connectivity index (χ2v) is 8.57. The summed E-state index contributed by atoms with van der Waals surface area (Å²) in [5.41, 5.74) is 1.06. The van der Waals surface area contributed by atoms with Gasteiger partial charge in [-0.25, -0.2) is 13.4 Å². The average Bonchev–Trinajstić information content (AvgIpc) is 2.47. The van der Waals surface area contributed by atoms with Crippen LogP contribution >= 0.6 is 11.8 Å². The molecule has 2 heterocycles. The van der Waals surface area contributed by atoms with Crippen molar-refractivity contribution in [2.24, 2.45) is 0 Å². The Kier molecular flexibility index (Phi) is 5.89. The number of anilines is 1. The Morgan fingerprint density at radius 1 is 1.52 bits per heavy atom. The topological polar surface area (TPSA) is 62.3 Å². The number of hydrogen-bond donors (Lipinski definition) is 1. The molecule has 118 valence electrons. The minimum Gasteiger partial charge on any atom is -0.338 e. The Morgan fingerprint density at radius 3 is 3.05 bits per heavy atom. The Bertz CT molecular complexity index is 563. The van der Waals surface area contributed by atoms with Crippen LogP contribution in [0, 0.1) is 0 Å². The van der Waals surface area contributed by atoms with Gasteiger partial charge in [-0.2, -0.15) is 11.8 Å². The van der Waals surface area contributed by atoms with Crippen molar-refractivity contribution >= 4 is 27.4 Å². The van der Waals surface area contributed by atoms with E-state index in [2.05, 4.69) is 17.2 Å². The van der Waals surface area contributed by atoms with Gasteiger partial charge in [0.15, 0.2) is 9.84 Å². The number of rotatable bonds is 6. The molecule has 0 bridgehead atoms. The molecular formula is C14H23N3O2S2. The van der Waals surface area contributed by atoms with Crippen LogP contribution in [0.5, 0.6) is 0 Å². The summed E-state index contributed by atoms with van der Waals surface area (Å²) in [5.74, 6) is 2.35. The van der Waals surface area contributed by atoms with Crippen LogP contribution in [0.3, 0.4) is 0 Å². The maximum Gasteiger partial charge on any atom is 0.169 e. The number of nitrogens with zero attached hydrogens (tertiary/aromatic N) is 2. The van der Waals surface area contributed by atoms with Gasteiger partial charge in [-0.3, -0.25) is 0 Å². The monoisotopic (exact) mass is 329 g/mol. The van der Waals surface area contributed by atoms with E-state index in [4.69, 9.17) is 0 Å². The lowest BCUT2D eigenvalue weighted by Crippen LogP contribution is -2.47. The molecule has 1 aliphatic heterocycles. The highest BCUT2D eigenvalue weighted by Gasteiger charge is 2.32. The van der Waals surface area contributed by atoms with E-state index in [9.17, 15) is 8.42 Å². The highest BCUT2D eigenvalue weighted by molar-refractivity contribution is 8.01. The molecule has 5 nitrogen and oxygen atoms in total. The largest absolute Gasteiger partial charge is 0.338 e. The van der Waals surface area contributed by atoms with Gasteiger partial charge in [0.25, 0.3) is 0 Å². The molecule has 1 aromatic rings. The molecule has 0 aliphatic carbocycles. The lowest BCUT2D eigenvalue weighted by Gasteiger charge is -2.36. The highest BCUT2D eigenvalue weighted by atomic mass is 32.2. The van der Waals surface area contributed by atoms with Crippen molar-refractivity contribution in [3.05, 3.63) is 23.9 Å². The van der Waals surface area contributed by atoms with Crippen LogP contribution in [-0.4, -0.2) is 49.6 Å². The van der Waals surface area contributed by atoms with Crippen molar-refractivity contribution in [1.82, 2.24) is 10.3 Å².